The Morgan fingerprint density at radius 1 is 1.19 bits per heavy atom. The normalized spacial score (nSPS) is 24.1. The minimum absolute atomic E-state index is 0.378. The number of nitrogens with two attached hydrogens (primary N) is 2. The highest BCUT2D eigenvalue weighted by Gasteiger charge is 2.16. The van der Waals surface area contributed by atoms with E-state index in [1.165, 1.54) is 0 Å². The van der Waals surface area contributed by atoms with Gasteiger partial charge in [0.15, 0.2) is 0 Å². The molecule has 1 aromatic rings. The number of hydrogen-bond acceptors (Lipinski definition) is 2. The van der Waals surface area contributed by atoms with Crippen molar-refractivity contribution in [1.29, 1.82) is 0 Å². The van der Waals surface area contributed by atoms with E-state index in [2.05, 4.69) is 6.08 Å². The van der Waals surface area contributed by atoms with Crippen LogP contribution in [0.5, 0.6) is 0 Å². The molecule has 2 rings (SSSR count). The van der Waals surface area contributed by atoms with E-state index in [1.54, 1.807) is 0 Å². The molecular weight excluding hydrogens is 196 g/mol. The molecule has 2 nitrogen and oxygen atoms in total. The Balaban J connectivity index is 2.18. The van der Waals surface area contributed by atoms with Gasteiger partial charge in [-0.05, 0) is 18.1 Å². The Labute approximate surface area is 96.0 Å². The van der Waals surface area contributed by atoms with Crippen molar-refractivity contribution in [3.05, 3.63) is 60.2 Å². The van der Waals surface area contributed by atoms with Gasteiger partial charge < -0.3 is 11.5 Å². The minimum Gasteiger partial charge on any atom is -0.398 e. The summed E-state index contributed by atoms with van der Waals surface area (Å²) in [7, 11) is 0. The van der Waals surface area contributed by atoms with E-state index < -0.39 is 0 Å². The molecule has 0 radical (unpaired) electrons. The van der Waals surface area contributed by atoms with Crippen LogP contribution in [0.25, 0.3) is 6.08 Å². The Bertz CT molecular complexity index is 458. The summed E-state index contributed by atoms with van der Waals surface area (Å²) in [5, 5.41) is 0. The molecule has 1 unspecified atom stereocenters. The monoisotopic (exact) mass is 212 g/mol. The summed E-state index contributed by atoms with van der Waals surface area (Å²) in [5.74, 6) is 0. The molecule has 1 aromatic carbocycles. The van der Waals surface area contributed by atoms with Gasteiger partial charge >= 0.3 is 0 Å². The molecule has 0 heterocycles. The van der Waals surface area contributed by atoms with Gasteiger partial charge in [0.2, 0.25) is 0 Å². The zero-order valence-electron chi connectivity index (χ0n) is 9.14. The third-order valence-corrected chi connectivity index (χ3v) is 2.69. The summed E-state index contributed by atoms with van der Waals surface area (Å²) in [6, 6.07) is 7.76. The van der Waals surface area contributed by atoms with Gasteiger partial charge in [-0.15, -0.1) is 0 Å². The first-order valence-electron chi connectivity index (χ1n) is 5.37. The smallest absolute Gasteiger partial charge is 0.0566 e. The summed E-state index contributed by atoms with van der Waals surface area (Å²) >= 11 is 0. The molecule has 0 aromatic heterocycles. The molecule has 0 saturated heterocycles. The van der Waals surface area contributed by atoms with Crippen molar-refractivity contribution in [1.82, 2.24) is 0 Å². The SMILES string of the molecule is Nc1ccccc1C=CC1(N)C=CC=CC1. The van der Waals surface area contributed by atoms with E-state index in [4.69, 9.17) is 11.5 Å². The summed E-state index contributed by atoms with van der Waals surface area (Å²) < 4.78 is 0. The van der Waals surface area contributed by atoms with Crippen LogP contribution in [0.15, 0.2) is 54.6 Å². The van der Waals surface area contributed by atoms with Crippen molar-refractivity contribution in [3.63, 3.8) is 0 Å². The fourth-order valence-corrected chi connectivity index (χ4v) is 1.68. The molecule has 0 saturated carbocycles. The number of nitrogen functional groups attached to an aromatic ring is 1. The molecule has 0 bridgehead atoms. The number of hydrogen-bond donors (Lipinski definition) is 2. The van der Waals surface area contributed by atoms with Crippen molar-refractivity contribution in [2.45, 2.75) is 12.0 Å². The van der Waals surface area contributed by atoms with Crippen LogP contribution in [0.3, 0.4) is 0 Å². The first-order chi connectivity index (χ1) is 7.70. The molecule has 0 spiro atoms. The van der Waals surface area contributed by atoms with Crippen LogP contribution in [-0.2, 0) is 0 Å². The van der Waals surface area contributed by atoms with E-state index in [0.717, 1.165) is 17.7 Å². The van der Waals surface area contributed by atoms with Crippen molar-refractivity contribution in [2.24, 2.45) is 5.73 Å². The zero-order chi connectivity index (χ0) is 11.4. The van der Waals surface area contributed by atoms with Gasteiger partial charge in [-0.25, -0.2) is 0 Å². The fourth-order valence-electron chi connectivity index (χ4n) is 1.68. The van der Waals surface area contributed by atoms with Crippen LogP contribution >= 0.6 is 0 Å². The molecule has 1 aliphatic carbocycles. The van der Waals surface area contributed by atoms with E-state index in [9.17, 15) is 0 Å². The van der Waals surface area contributed by atoms with Gasteiger partial charge in [0.1, 0.15) is 0 Å². The van der Waals surface area contributed by atoms with Gasteiger partial charge in [0.25, 0.3) is 0 Å². The number of anilines is 1. The van der Waals surface area contributed by atoms with Crippen LogP contribution in [0, 0.1) is 0 Å². The number of para-hydroxylation sites is 1. The molecule has 16 heavy (non-hydrogen) atoms. The first kappa shape index (κ1) is 10.7. The second-order valence-electron chi connectivity index (χ2n) is 4.07. The van der Waals surface area contributed by atoms with Gasteiger partial charge in [0, 0.05) is 5.69 Å². The lowest BCUT2D eigenvalue weighted by Gasteiger charge is -2.22. The topological polar surface area (TPSA) is 52.0 Å². The molecule has 0 amide bonds. The summed E-state index contributed by atoms with van der Waals surface area (Å²) in [4.78, 5) is 0. The Kier molecular flexibility index (Phi) is 2.93. The van der Waals surface area contributed by atoms with Crippen LogP contribution in [0.2, 0.25) is 0 Å². The summed E-state index contributed by atoms with van der Waals surface area (Å²) in [6.45, 7) is 0. The second-order valence-corrected chi connectivity index (χ2v) is 4.07. The third kappa shape index (κ3) is 2.41. The third-order valence-electron chi connectivity index (χ3n) is 2.69. The van der Waals surface area contributed by atoms with Crippen LogP contribution in [0.1, 0.15) is 12.0 Å². The van der Waals surface area contributed by atoms with E-state index in [-0.39, 0.29) is 5.54 Å². The van der Waals surface area contributed by atoms with E-state index in [0.29, 0.717) is 0 Å². The lowest BCUT2D eigenvalue weighted by atomic mass is 9.91. The average Bonchev–Trinajstić information content (AvgIpc) is 2.29. The highest BCUT2D eigenvalue weighted by molar-refractivity contribution is 5.65. The lowest BCUT2D eigenvalue weighted by Crippen LogP contribution is -2.35. The van der Waals surface area contributed by atoms with Crippen LogP contribution in [-0.4, -0.2) is 5.54 Å². The van der Waals surface area contributed by atoms with Crippen molar-refractivity contribution >= 4 is 11.8 Å². The molecular formula is C14H16N2. The predicted octanol–water partition coefficient (Wildman–Crippen LogP) is 2.50. The molecule has 4 N–H and O–H groups in total. The van der Waals surface area contributed by atoms with Gasteiger partial charge in [0.05, 0.1) is 5.54 Å². The Hall–Kier alpha value is -1.80. The molecule has 1 atom stereocenters. The molecule has 1 aliphatic rings. The summed E-state index contributed by atoms with van der Waals surface area (Å²) in [5.41, 5.74) is 13.5. The maximum Gasteiger partial charge on any atom is 0.0566 e. The number of rotatable bonds is 2. The number of allylic oxidation sites excluding steroid dienone is 2. The first-order valence-corrected chi connectivity index (χ1v) is 5.37. The van der Waals surface area contributed by atoms with E-state index >= 15 is 0 Å². The van der Waals surface area contributed by atoms with Gasteiger partial charge in [-0.3, -0.25) is 0 Å². The Morgan fingerprint density at radius 2 is 2.00 bits per heavy atom. The van der Waals surface area contributed by atoms with Crippen LogP contribution in [0.4, 0.5) is 5.69 Å². The van der Waals surface area contributed by atoms with Gasteiger partial charge in [-0.2, -0.15) is 0 Å². The fraction of sp³-hybridized carbons (Fsp3) is 0.143. The minimum atomic E-state index is -0.378. The predicted molar refractivity (Wildman–Crippen MR) is 69.7 cm³/mol. The number of benzene rings is 1. The highest BCUT2D eigenvalue weighted by Crippen LogP contribution is 2.19. The molecule has 0 fully saturated rings. The van der Waals surface area contributed by atoms with Gasteiger partial charge in [-0.1, -0.05) is 54.7 Å². The Morgan fingerprint density at radius 3 is 2.69 bits per heavy atom. The molecule has 82 valence electrons. The van der Waals surface area contributed by atoms with Crippen molar-refractivity contribution < 1.29 is 0 Å². The van der Waals surface area contributed by atoms with Crippen LogP contribution < -0.4 is 11.5 Å². The van der Waals surface area contributed by atoms with Crippen molar-refractivity contribution in [2.75, 3.05) is 5.73 Å². The largest absolute Gasteiger partial charge is 0.398 e. The van der Waals surface area contributed by atoms with Crippen molar-refractivity contribution in [3.8, 4) is 0 Å². The maximum absolute atomic E-state index is 6.19. The quantitative estimate of drug-likeness (QED) is 0.740. The standard InChI is InChI=1S/C14H16N2/c15-13-7-3-2-6-12(13)8-11-14(16)9-4-1-5-10-14/h1-9,11H,10,15-16H2. The molecule has 0 aliphatic heterocycles. The van der Waals surface area contributed by atoms with E-state index in [1.807, 2.05) is 54.6 Å². The highest BCUT2D eigenvalue weighted by atomic mass is 14.7. The zero-order valence-corrected chi connectivity index (χ0v) is 9.14. The lowest BCUT2D eigenvalue weighted by molar-refractivity contribution is 0.663. The second kappa shape index (κ2) is 4.37. The maximum atomic E-state index is 6.19. The molecule has 2 heteroatoms. The average molecular weight is 212 g/mol. The summed E-state index contributed by atoms with van der Waals surface area (Å²) in [6.07, 6.45) is 12.9.